The largest absolute Gasteiger partial charge is 0.497 e. The molecule has 4 rings (SSSR count). The molecule has 1 aliphatic rings. The number of benzene rings is 2. The number of carbonyl (C=O) groups excluding carboxylic acids is 1. The zero-order valence-electron chi connectivity index (χ0n) is 16.5. The Hall–Kier alpha value is -3.54. The van der Waals surface area contributed by atoms with E-state index < -0.39 is 0 Å². The number of amides is 1. The lowest BCUT2D eigenvalue weighted by molar-refractivity contribution is 0.0990. The number of pyridine rings is 1. The Balaban J connectivity index is 1.56. The van der Waals surface area contributed by atoms with E-state index in [1.54, 1.807) is 26.5 Å². The predicted molar refractivity (Wildman–Crippen MR) is 113 cm³/mol. The number of methoxy groups -OCH3 is 2. The zero-order valence-corrected chi connectivity index (χ0v) is 16.5. The van der Waals surface area contributed by atoms with Crippen molar-refractivity contribution in [3.63, 3.8) is 0 Å². The first kappa shape index (κ1) is 18.8. The fraction of sp³-hybridized carbons (Fsp3) is 0.217. The molecular formula is C23H23N3O3. The maximum atomic E-state index is 13.3. The van der Waals surface area contributed by atoms with Crippen LogP contribution in [0.15, 0.2) is 60.8 Å². The number of rotatable bonds is 6. The maximum Gasteiger partial charge on any atom is 0.262 e. The number of ether oxygens (including phenoxy) is 2. The Morgan fingerprint density at radius 2 is 1.97 bits per heavy atom. The van der Waals surface area contributed by atoms with Crippen molar-refractivity contribution < 1.29 is 14.3 Å². The second-order valence-electron chi connectivity index (χ2n) is 6.77. The van der Waals surface area contributed by atoms with Gasteiger partial charge >= 0.3 is 0 Å². The van der Waals surface area contributed by atoms with E-state index in [9.17, 15) is 4.79 Å². The fourth-order valence-electron chi connectivity index (χ4n) is 3.59. The van der Waals surface area contributed by atoms with E-state index in [2.05, 4.69) is 16.4 Å². The van der Waals surface area contributed by atoms with Crippen LogP contribution in [0.1, 0.15) is 21.5 Å². The topological polar surface area (TPSA) is 63.7 Å². The molecule has 29 heavy (non-hydrogen) atoms. The van der Waals surface area contributed by atoms with Gasteiger partial charge < -0.3 is 19.7 Å². The number of fused-ring (bicyclic) bond motifs is 1. The van der Waals surface area contributed by atoms with E-state index in [1.165, 1.54) is 5.56 Å². The van der Waals surface area contributed by atoms with Crippen LogP contribution in [0.3, 0.4) is 0 Å². The van der Waals surface area contributed by atoms with Crippen molar-refractivity contribution in [1.82, 2.24) is 4.98 Å². The van der Waals surface area contributed by atoms with E-state index in [-0.39, 0.29) is 5.91 Å². The monoisotopic (exact) mass is 389 g/mol. The second-order valence-corrected chi connectivity index (χ2v) is 6.77. The molecule has 6 heteroatoms. The Morgan fingerprint density at radius 3 is 2.79 bits per heavy atom. The number of nitrogens with zero attached hydrogens (tertiary/aromatic N) is 2. The van der Waals surface area contributed by atoms with Gasteiger partial charge in [-0.25, -0.2) is 4.98 Å². The first-order chi connectivity index (χ1) is 14.2. The summed E-state index contributed by atoms with van der Waals surface area (Å²) in [5.41, 5.74) is 3.67. The van der Waals surface area contributed by atoms with Crippen LogP contribution < -0.4 is 19.7 Å². The van der Waals surface area contributed by atoms with Crippen LogP contribution in [0.25, 0.3) is 0 Å². The van der Waals surface area contributed by atoms with E-state index in [0.29, 0.717) is 30.2 Å². The molecule has 1 aliphatic heterocycles. The van der Waals surface area contributed by atoms with E-state index >= 15 is 0 Å². The summed E-state index contributed by atoms with van der Waals surface area (Å²) in [6.07, 6.45) is 2.55. The molecule has 0 spiro atoms. The van der Waals surface area contributed by atoms with Crippen LogP contribution in [0.4, 0.5) is 11.5 Å². The fourth-order valence-corrected chi connectivity index (χ4v) is 3.59. The molecule has 0 saturated carbocycles. The summed E-state index contributed by atoms with van der Waals surface area (Å²) >= 11 is 0. The highest BCUT2D eigenvalue weighted by atomic mass is 16.5. The number of aromatic nitrogens is 1. The molecule has 0 radical (unpaired) electrons. The molecule has 0 unspecified atom stereocenters. The summed E-state index contributed by atoms with van der Waals surface area (Å²) in [6.45, 7) is 1.15. The van der Waals surface area contributed by atoms with Gasteiger partial charge in [0.25, 0.3) is 5.91 Å². The molecule has 1 N–H and O–H groups in total. The van der Waals surface area contributed by atoms with Gasteiger partial charge in [0.15, 0.2) is 0 Å². The minimum Gasteiger partial charge on any atom is -0.497 e. The van der Waals surface area contributed by atoms with Crippen molar-refractivity contribution in [2.45, 2.75) is 13.0 Å². The normalized spacial score (nSPS) is 12.4. The summed E-state index contributed by atoms with van der Waals surface area (Å²) < 4.78 is 10.7. The first-order valence-electron chi connectivity index (χ1n) is 9.51. The first-order valence-corrected chi connectivity index (χ1v) is 9.51. The van der Waals surface area contributed by atoms with Crippen molar-refractivity contribution in [3.05, 3.63) is 77.5 Å². The van der Waals surface area contributed by atoms with Crippen LogP contribution in [0.5, 0.6) is 11.5 Å². The summed E-state index contributed by atoms with van der Waals surface area (Å²) in [4.78, 5) is 19.5. The standard InChI is InChI=1S/C23H23N3O3/c1-28-18-10-9-17(21(14-18)29-2)15-25-22-19(7-5-12-24-22)23(27)26-13-11-16-6-3-4-8-20(16)26/h3-10,12,14H,11,13,15H2,1-2H3,(H,24,25). The molecule has 2 aromatic carbocycles. The van der Waals surface area contributed by atoms with Crippen molar-refractivity contribution in [1.29, 1.82) is 0 Å². The quantitative estimate of drug-likeness (QED) is 0.692. The second kappa shape index (κ2) is 8.22. The summed E-state index contributed by atoms with van der Waals surface area (Å²) in [6, 6.07) is 17.3. The Kier molecular flexibility index (Phi) is 5.33. The van der Waals surface area contributed by atoms with Crippen molar-refractivity contribution in [2.75, 3.05) is 31.0 Å². The SMILES string of the molecule is COc1ccc(CNc2ncccc2C(=O)N2CCc3ccccc32)c(OC)c1. The van der Waals surface area contributed by atoms with Gasteiger partial charge in [0, 0.05) is 36.6 Å². The average molecular weight is 389 g/mol. The number of para-hydroxylation sites is 1. The lowest BCUT2D eigenvalue weighted by Gasteiger charge is -2.19. The van der Waals surface area contributed by atoms with Crippen LogP contribution in [-0.2, 0) is 13.0 Å². The highest BCUT2D eigenvalue weighted by Gasteiger charge is 2.27. The number of hydrogen-bond donors (Lipinski definition) is 1. The minimum atomic E-state index is -0.0488. The third-order valence-corrected chi connectivity index (χ3v) is 5.11. The molecule has 0 fully saturated rings. The highest BCUT2D eigenvalue weighted by molar-refractivity contribution is 6.10. The molecule has 1 amide bonds. The van der Waals surface area contributed by atoms with Crippen LogP contribution in [-0.4, -0.2) is 31.7 Å². The van der Waals surface area contributed by atoms with Crippen molar-refractivity contribution in [2.24, 2.45) is 0 Å². The molecule has 3 aromatic rings. The van der Waals surface area contributed by atoms with Gasteiger partial charge in [-0.3, -0.25) is 4.79 Å². The molecule has 2 heterocycles. The van der Waals surface area contributed by atoms with Crippen LogP contribution in [0, 0.1) is 0 Å². The zero-order chi connectivity index (χ0) is 20.2. The van der Waals surface area contributed by atoms with Crippen molar-refractivity contribution in [3.8, 4) is 11.5 Å². The van der Waals surface area contributed by atoms with E-state index in [1.807, 2.05) is 47.4 Å². The minimum absolute atomic E-state index is 0.0488. The van der Waals surface area contributed by atoms with Gasteiger partial charge in [0.1, 0.15) is 17.3 Å². The molecular weight excluding hydrogens is 366 g/mol. The van der Waals surface area contributed by atoms with Gasteiger partial charge in [0.2, 0.25) is 0 Å². The predicted octanol–water partition coefficient (Wildman–Crippen LogP) is 3.91. The smallest absolute Gasteiger partial charge is 0.262 e. The Labute approximate surface area is 170 Å². The molecule has 1 aromatic heterocycles. The number of anilines is 2. The van der Waals surface area contributed by atoms with Gasteiger partial charge in [0.05, 0.1) is 19.8 Å². The highest BCUT2D eigenvalue weighted by Crippen LogP contribution is 2.30. The van der Waals surface area contributed by atoms with E-state index in [0.717, 1.165) is 23.4 Å². The number of carbonyl (C=O) groups is 1. The third-order valence-electron chi connectivity index (χ3n) is 5.11. The Bertz CT molecular complexity index is 1040. The lowest BCUT2D eigenvalue weighted by atomic mass is 10.1. The summed E-state index contributed by atoms with van der Waals surface area (Å²) in [5, 5.41) is 3.29. The summed E-state index contributed by atoms with van der Waals surface area (Å²) in [7, 11) is 3.24. The molecule has 0 bridgehead atoms. The number of hydrogen-bond acceptors (Lipinski definition) is 5. The molecule has 0 aliphatic carbocycles. The van der Waals surface area contributed by atoms with Crippen LogP contribution >= 0.6 is 0 Å². The summed E-state index contributed by atoms with van der Waals surface area (Å²) in [5.74, 6) is 1.95. The third kappa shape index (κ3) is 3.74. The van der Waals surface area contributed by atoms with Gasteiger partial charge in [-0.2, -0.15) is 0 Å². The van der Waals surface area contributed by atoms with Gasteiger partial charge in [-0.1, -0.05) is 18.2 Å². The van der Waals surface area contributed by atoms with Gasteiger partial charge in [-0.15, -0.1) is 0 Å². The van der Waals surface area contributed by atoms with Crippen molar-refractivity contribution >= 4 is 17.4 Å². The molecule has 0 atom stereocenters. The van der Waals surface area contributed by atoms with E-state index in [4.69, 9.17) is 9.47 Å². The maximum absolute atomic E-state index is 13.3. The van der Waals surface area contributed by atoms with Crippen LogP contribution in [0.2, 0.25) is 0 Å². The molecule has 6 nitrogen and oxygen atoms in total. The average Bonchev–Trinajstić information content (AvgIpc) is 3.21. The Morgan fingerprint density at radius 1 is 1.10 bits per heavy atom. The lowest BCUT2D eigenvalue weighted by Crippen LogP contribution is -2.29. The molecule has 0 saturated heterocycles. The number of nitrogens with one attached hydrogen (secondary N) is 1. The van der Waals surface area contributed by atoms with Gasteiger partial charge in [-0.05, 0) is 42.3 Å². The molecule has 148 valence electrons.